The molecule has 1 N–H and O–H groups in total. The average Bonchev–Trinajstić information content (AvgIpc) is 2.89. The highest BCUT2D eigenvalue weighted by molar-refractivity contribution is 6.03. The number of carboxylic acid groups (broad SMARTS) is 1. The van der Waals surface area contributed by atoms with Crippen LogP contribution in [-0.2, 0) is 10.8 Å². The van der Waals surface area contributed by atoms with Gasteiger partial charge in [0.1, 0.15) is 5.75 Å². The lowest BCUT2D eigenvalue weighted by Gasteiger charge is -2.36. The summed E-state index contributed by atoms with van der Waals surface area (Å²) < 4.78 is 6.00. The van der Waals surface area contributed by atoms with Gasteiger partial charge in [-0.1, -0.05) is 113 Å². The van der Waals surface area contributed by atoms with E-state index in [4.69, 9.17) is 4.74 Å². The number of benzene rings is 4. The van der Waals surface area contributed by atoms with Crippen LogP contribution >= 0.6 is 0 Å². The molecule has 0 aliphatic heterocycles. The molecule has 4 aromatic carbocycles. The van der Waals surface area contributed by atoms with Crippen molar-refractivity contribution in [3.8, 4) is 5.75 Å². The molecular weight excluding hydrogens is 448 g/mol. The van der Waals surface area contributed by atoms with Gasteiger partial charge in [-0.15, -0.1) is 0 Å². The first-order valence-corrected chi connectivity index (χ1v) is 11.9. The molecule has 4 heteroatoms. The van der Waals surface area contributed by atoms with Gasteiger partial charge in [-0.25, -0.2) is 9.59 Å². The Morgan fingerprint density at radius 3 is 1.67 bits per heavy atom. The van der Waals surface area contributed by atoms with Gasteiger partial charge in [0.25, 0.3) is 0 Å². The molecular formula is C32H30O4. The summed E-state index contributed by atoms with van der Waals surface area (Å²) in [7, 11) is 0. The van der Waals surface area contributed by atoms with Crippen molar-refractivity contribution in [3.63, 3.8) is 0 Å². The predicted molar refractivity (Wildman–Crippen MR) is 142 cm³/mol. The van der Waals surface area contributed by atoms with Crippen LogP contribution in [0.5, 0.6) is 5.75 Å². The van der Waals surface area contributed by atoms with Gasteiger partial charge in [0.2, 0.25) is 0 Å². The Morgan fingerprint density at radius 2 is 1.11 bits per heavy atom. The third-order valence-corrected chi connectivity index (χ3v) is 6.90. The van der Waals surface area contributed by atoms with E-state index in [1.807, 2.05) is 42.5 Å². The van der Waals surface area contributed by atoms with Crippen molar-refractivity contribution >= 4 is 11.9 Å². The van der Waals surface area contributed by atoms with Gasteiger partial charge >= 0.3 is 11.9 Å². The van der Waals surface area contributed by atoms with Gasteiger partial charge < -0.3 is 9.84 Å². The maximum atomic E-state index is 13.3. The average molecular weight is 479 g/mol. The molecule has 0 heterocycles. The van der Waals surface area contributed by atoms with Crippen molar-refractivity contribution in [2.75, 3.05) is 0 Å². The number of carboxylic acids is 1. The van der Waals surface area contributed by atoms with Crippen LogP contribution in [0, 0.1) is 0 Å². The van der Waals surface area contributed by atoms with E-state index in [0.717, 1.165) is 22.3 Å². The minimum atomic E-state index is -1.17. The van der Waals surface area contributed by atoms with Gasteiger partial charge in [-0.2, -0.15) is 0 Å². The molecule has 0 saturated heterocycles. The third-order valence-electron chi connectivity index (χ3n) is 6.90. The summed E-state index contributed by atoms with van der Waals surface area (Å²) in [6.45, 7) is 8.55. The summed E-state index contributed by atoms with van der Waals surface area (Å²) in [5, 5.41) is 9.58. The summed E-state index contributed by atoms with van der Waals surface area (Å²) in [6, 6.07) is 32.2. The van der Waals surface area contributed by atoms with E-state index in [0.29, 0.717) is 5.75 Å². The molecule has 0 aliphatic carbocycles. The van der Waals surface area contributed by atoms with Crippen molar-refractivity contribution in [1.82, 2.24) is 0 Å². The molecule has 0 saturated carbocycles. The fraction of sp³-hybridized carbons (Fsp3) is 0.188. The molecule has 0 atom stereocenters. The normalized spacial score (nSPS) is 11.7. The minimum Gasteiger partial charge on any atom is -0.478 e. The monoisotopic (exact) mass is 478 g/mol. The topological polar surface area (TPSA) is 63.6 Å². The molecule has 4 aromatic rings. The molecule has 4 rings (SSSR count). The summed E-state index contributed by atoms with van der Waals surface area (Å²) in [6.07, 6.45) is 0. The van der Waals surface area contributed by atoms with E-state index in [2.05, 4.69) is 58.0 Å². The lowest BCUT2D eigenvalue weighted by atomic mass is 9.68. The maximum Gasteiger partial charge on any atom is 0.344 e. The predicted octanol–water partition coefficient (Wildman–Crippen LogP) is 7.26. The minimum absolute atomic E-state index is 0.0150. The van der Waals surface area contributed by atoms with E-state index in [1.54, 1.807) is 18.2 Å². The number of carbonyl (C=O) groups excluding carboxylic acids is 1. The molecule has 0 unspecified atom stereocenters. The molecule has 182 valence electrons. The SMILES string of the molecule is CC(C)(c1ccccc1)c1cccc(OC(=O)c2ccccc2C(=O)O)c1C(C)(C)c1ccccc1. The highest BCUT2D eigenvalue weighted by Gasteiger charge is 2.36. The Hall–Kier alpha value is -4.18. The van der Waals surface area contributed by atoms with Gasteiger partial charge in [-0.3, -0.25) is 0 Å². The first-order valence-electron chi connectivity index (χ1n) is 11.9. The van der Waals surface area contributed by atoms with Crippen LogP contribution in [0.4, 0.5) is 0 Å². The molecule has 0 radical (unpaired) electrons. The maximum absolute atomic E-state index is 13.3. The van der Waals surface area contributed by atoms with Crippen LogP contribution in [0.15, 0.2) is 103 Å². The largest absolute Gasteiger partial charge is 0.478 e. The van der Waals surface area contributed by atoms with Crippen molar-refractivity contribution in [1.29, 1.82) is 0 Å². The van der Waals surface area contributed by atoms with Crippen LogP contribution in [0.2, 0.25) is 0 Å². The molecule has 4 nitrogen and oxygen atoms in total. The van der Waals surface area contributed by atoms with E-state index in [1.165, 1.54) is 12.1 Å². The Morgan fingerprint density at radius 1 is 0.611 bits per heavy atom. The quantitative estimate of drug-likeness (QED) is 0.224. The van der Waals surface area contributed by atoms with Crippen molar-refractivity contribution in [2.24, 2.45) is 0 Å². The van der Waals surface area contributed by atoms with Crippen LogP contribution < -0.4 is 4.74 Å². The Labute approximate surface area is 212 Å². The van der Waals surface area contributed by atoms with Crippen LogP contribution in [0.25, 0.3) is 0 Å². The molecule has 0 bridgehead atoms. The Balaban J connectivity index is 1.91. The van der Waals surface area contributed by atoms with Crippen molar-refractivity contribution < 1.29 is 19.4 Å². The Bertz CT molecular complexity index is 1390. The fourth-order valence-corrected chi connectivity index (χ4v) is 4.79. The first-order chi connectivity index (χ1) is 17.1. The second-order valence-corrected chi connectivity index (χ2v) is 9.90. The third kappa shape index (κ3) is 4.67. The number of aromatic carboxylic acids is 1. The van der Waals surface area contributed by atoms with E-state index in [-0.39, 0.29) is 11.1 Å². The fourth-order valence-electron chi connectivity index (χ4n) is 4.79. The lowest BCUT2D eigenvalue weighted by molar-refractivity contribution is 0.0667. The molecule has 0 fully saturated rings. The van der Waals surface area contributed by atoms with Crippen LogP contribution in [-0.4, -0.2) is 17.0 Å². The van der Waals surface area contributed by atoms with E-state index in [9.17, 15) is 14.7 Å². The number of hydrogen-bond donors (Lipinski definition) is 1. The van der Waals surface area contributed by atoms with Gasteiger partial charge in [0.05, 0.1) is 11.1 Å². The number of ether oxygens (including phenoxy) is 1. The van der Waals surface area contributed by atoms with E-state index < -0.39 is 22.8 Å². The van der Waals surface area contributed by atoms with Gasteiger partial charge in [-0.05, 0) is 34.9 Å². The van der Waals surface area contributed by atoms with Crippen molar-refractivity contribution in [3.05, 3.63) is 137 Å². The highest BCUT2D eigenvalue weighted by atomic mass is 16.5. The highest BCUT2D eigenvalue weighted by Crippen LogP contribution is 2.45. The zero-order valence-corrected chi connectivity index (χ0v) is 21.0. The van der Waals surface area contributed by atoms with Gasteiger partial charge in [0, 0.05) is 16.4 Å². The zero-order valence-electron chi connectivity index (χ0n) is 21.0. The number of hydrogen-bond acceptors (Lipinski definition) is 3. The lowest BCUT2D eigenvalue weighted by Crippen LogP contribution is -2.29. The number of esters is 1. The number of carbonyl (C=O) groups is 2. The molecule has 0 spiro atoms. The summed E-state index contributed by atoms with van der Waals surface area (Å²) in [4.78, 5) is 25.0. The van der Waals surface area contributed by atoms with Crippen LogP contribution in [0.3, 0.4) is 0 Å². The van der Waals surface area contributed by atoms with Gasteiger partial charge in [0.15, 0.2) is 0 Å². The van der Waals surface area contributed by atoms with Crippen LogP contribution in [0.1, 0.15) is 70.7 Å². The zero-order chi connectivity index (χ0) is 25.9. The van der Waals surface area contributed by atoms with E-state index >= 15 is 0 Å². The number of rotatable bonds is 7. The second-order valence-electron chi connectivity index (χ2n) is 9.90. The molecule has 0 aliphatic rings. The smallest absolute Gasteiger partial charge is 0.344 e. The standard InChI is InChI=1S/C32H30O4/c1-31(2,22-14-7-5-8-15-22)26-20-13-21-27(28(26)32(3,4)23-16-9-6-10-17-23)36-30(35)25-19-12-11-18-24(25)29(33)34/h5-21H,1-4H3,(H,33,34). The van der Waals surface area contributed by atoms with Crippen molar-refractivity contribution in [2.45, 2.75) is 38.5 Å². The first kappa shape index (κ1) is 24.9. The summed E-state index contributed by atoms with van der Waals surface area (Å²) in [5.74, 6) is -1.46. The second kappa shape index (κ2) is 9.82. The summed E-state index contributed by atoms with van der Waals surface area (Å²) in [5.41, 5.74) is 3.12. The molecule has 36 heavy (non-hydrogen) atoms. The molecule has 0 amide bonds. The molecule has 0 aromatic heterocycles. The summed E-state index contributed by atoms with van der Waals surface area (Å²) >= 11 is 0. The Kier molecular flexibility index (Phi) is 6.80.